The number of hydrogen-bond acceptors (Lipinski definition) is 1. The van der Waals surface area contributed by atoms with Crippen LogP contribution in [0.4, 0.5) is 13.2 Å². The fourth-order valence-electron chi connectivity index (χ4n) is 1.21. The maximum Gasteiger partial charge on any atom is 0.379 e. The molecule has 16 heavy (non-hydrogen) atoms. The Balaban J connectivity index is 3.32. The second kappa shape index (κ2) is 3.97. The molecular weight excluding hydrogens is 245 g/mol. The summed E-state index contributed by atoms with van der Waals surface area (Å²) in [6.07, 6.45) is 0. The Morgan fingerprint density at radius 1 is 1.31 bits per heavy atom. The first-order valence-corrected chi connectivity index (χ1v) is 4.64. The van der Waals surface area contributed by atoms with E-state index in [0.29, 0.717) is 6.92 Å². The van der Waals surface area contributed by atoms with Gasteiger partial charge in [0.15, 0.2) is 0 Å². The molecule has 0 spiro atoms. The first-order valence-electron chi connectivity index (χ1n) is 4.26. The molecule has 1 aromatic carbocycles. The summed E-state index contributed by atoms with van der Waals surface area (Å²) in [6.45, 7) is 0.488. The van der Waals surface area contributed by atoms with Crippen LogP contribution in [0.5, 0.6) is 0 Å². The van der Waals surface area contributed by atoms with Crippen molar-refractivity contribution in [2.24, 2.45) is 0 Å². The highest BCUT2D eigenvalue weighted by atomic mass is 35.5. The average Bonchev–Trinajstić information content (AvgIpc) is 2.17. The molecule has 0 aliphatic carbocycles. The van der Waals surface area contributed by atoms with Gasteiger partial charge in [0.1, 0.15) is 0 Å². The molecule has 0 aliphatic rings. The minimum absolute atomic E-state index is 0.242. The Bertz CT molecular complexity index is 418. The fourth-order valence-corrected chi connectivity index (χ4v) is 1.53. The third kappa shape index (κ3) is 1.87. The number of carboxylic acids is 1. The number of hydrogen-bond donors (Lipinski definition) is 1. The molecule has 0 radical (unpaired) electrons. The zero-order valence-electron chi connectivity index (χ0n) is 8.18. The lowest BCUT2D eigenvalue weighted by atomic mass is 9.91. The first kappa shape index (κ1) is 12.8. The van der Waals surface area contributed by atoms with Gasteiger partial charge in [-0.15, -0.1) is 0 Å². The Labute approximate surface area is 94.6 Å². The van der Waals surface area contributed by atoms with Crippen molar-refractivity contribution < 1.29 is 23.1 Å². The van der Waals surface area contributed by atoms with Gasteiger partial charge in [0, 0.05) is 10.6 Å². The standard InChI is InChI=1S/C10H8ClF3O2/c1-9(12,10(13,14)8(15)16)6-4-2-3-5-7(6)11/h2-5H,1H3,(H,15,16). The largest absolute Gasteiger partial charge is 0.477 e. The summed E-state index contributed by atoms with van der Waals surface area (Å²) >= 11 is 5.55. The van der Waals surface area contributed by atoms with Crippen LogP contribution in [0.3, 0.4) is 0 Å². The highest BCUT2D eigenvalue weighted by Crippen LogP contribution is 2.43. The smallest absolute Gasteiger partial charge is 0.379 e. The Morgan fingerprint density at radius 2 is 1.81 bits per heavy atom. The summed E-state index contributed by atoms with van der Waals surface area (Å²) in [7, 11) is 0. The van der Waals surface area contributed by atoms with Crippen molar-refractivity contribution in [3.63, 3.8) is 0 Å². The van der Waals surface area contributed by atoms with E-state index in [0.717, 1.165) is 6.07 Å². The summed E-state index contributed by atoms with van der Waals surface area (Å²) in [4.78, 5) is 10.3. The van der Waals surface area contributed by atoms with Gasteiger partial charge in [-0.2, -0.15) is 8.78 Å². The predicted octanol–water partition coefficient (Wildman–Crippen LogP) is 3.24. The van der Waals surface area contributed by atoms with E-state index in [1.54, 1.807) is 0 Å². The van der Waals surface area contributed by atoms with Crippen LogP contribution in [0.1, 0.15) is 12.5 Å². The van der Waals surface area contributed by atoms with Crippen molar-refractivity contribution in [1.29, 1.82) is 0 Å². The molecule has 0 bridgehead atoms. The molecule has 6 heteroatoms. The van der Waals surface area contributed by atoms with Gasteiger partial charge in [-0.3, -0.25) is 0 Å². The second-order valence-electron chi connectivity index (χ2n) is 3.36. The molecule has 1 atom stereocenters. The van der Waals surface area contributed by atoms with Gasteiger partial charge in [0.2, 0.25) is 5.67 Å². The minimum Gasteiger partial charge on any atom is -0.477 e. The van der Waals surface area contributed by atoms with E-state index in [1.165, 1.54) is 18.2 Å². The van der Waals surface area contributed by atoms with Gasteiger partial charge in [0.25, 0.3) is 0 Å². The van der Waals surface area contributed by atoms with Gasteiger partial charge >= 0.3 is 11.9 Å². The van der Waals surface area contributed by atoms with Crippen LogP contribution in [0, 0.1) is 0 Å². The van der Waals surface area contributed by atoms with Crippen molar-refractivity contribution in [2.45, 2.75) is 18.5 Å². The van der Waals surface area contributed by atoms with E-state index in [9.17, 15) is 18.0 Å². The third-order valence-corrected chi connectivity index (χ3v) is 2.57. The molecule has 0 fully saturated rings. The number of rotatable bonds is 3. The maximum absolute atomic E-state index is 13.9. The maximum atomic E-state index is 13.9. The van der Waals surface area contributed by atoms with Crippen LogP contribution in [-0.2, 0) is 10.5 Å². The molecule has 2 nitrogen and oxygen atoms in total. The summed E-state index contributed by atoms with van der Waals surface area (Å²) in [5.41, 5.74) is -3.92. The quantitative estimate of drug-likeness (QED) is 0.897. The van der Waals surface area contributed by atoms with E-state index < -0.39 is 23.1 Å². The monoisotopic (exact) mass is 252 g/mol. The summed E-state index contributed by atoms with van der Waals surface area (Å²) in [5.74, 6) is -7.07. The van der Waals surface area contributed by atoms with E-state index in [2.05, 4.69) is 0 Å². The molecule has 0 saturated heterocycles. The number of aliphatic carboxylic acids is 1. The Hall–Kier alpha value is -1.23. The average molecular weight is 253 g/mol. The number of carbonyl (C=O) groups is 1. The van der Waals surface area contributed by atoms with Crippen LogP contribution in [0.2, 0.25) is 5.02 Å². The van der Waals surface area contributed by atoms with Gasteiger partial charge in [0.05, 0.1) is 0 Å². The molecule has 0 amide bonds. The molecule has 1 rings (SSSR count). The van der Waals surface area contributed by atoms with Crippen LogP contribution in [-0.4, -0.2) is 17.0 Å². The highest BCUT2D eigenvalue weighted by molar-refractivity contribution is 6.31. The normalized spacial score (nSPS) is 15.6. The molecule has 0 aromatic heterocycles. The first-order chi connectivity index (χ1) is 7.21. The molecule has 1 N–H and O–H groups in total. The van der Waals surface area contributed by atoms with Gasteiger partial charge < -0.3 is 5.11 Å². The number of halogens is 4. The second-order valence-corrected chi connectivity index (χ2v) is 3.77. The van der Waals surface area contributed by atoms with Crippen LogP contribution < -0.4 is 0 Å². The van der Waals surface area contributed by atoms with Crippen molar-refractivity contribution in [2.75, 3.05) is 0 Å². The van der Waals surface area contributed by atoms with Crippen molar-refractivity contribution in [1.82, 2.24) is 0 Å². The number of carboxylic acid groups (broad SMARTS) is 1. The van der Waals surface area contributed by atoms with E-state index in [4.69, 9.17) is 16.7 Å². The number of benzene rings is 1. The van der Waals surface area contributed by atoms with Crippen molar-refractivity contribution >= 4 is 17.6 Å². The Kier molecular flexibility index (Phi) is 3.19. The molecular formula is C10H8ClF3O2. The molecule has 88 valence electrons. The summed E-state index contributed by atoms with van der Waals surface area (Å²) in [6, 6.07) is 4.98. The predicted molar refractivity (Wildman–Crippen MR) is 52.5 cm³/mol. The van der Waals surface area contributed by atoms with E-state index >= 15 is 0 Å². The molecule has 0 heterocycles. The van der Waals surface area contributed by atoms with E-state index in [-0.39, 0.29) is 5.02 Å². The lowest BCUT2D eigenvalue weighted by Crippen LogP contribution is -2.46. The zero-order valence-corrected chi connectivity index (χ0v) is 8.93. The Morgan fingerprint density at radius 3 is 2.25 bits per heavy atom. The lowest BCUT2D eigenvalue weighted by molar-refractivity contribution is -0.190. The van der Waals surface area contributed by atoms with Gasteiger partial charge in [-0.05, 0) is 13.0 Å². The minimum atomic E-state index is -4.54. The summed E-state index contributed by atoms with van der Waals surface area (Å²) < 4.78 is 40.2. The van der Waals surface area contributed by atoms with E-state index in [1.807, 2.05) is 0 Å². The molecule has 1 unspecified atom stereocenters. The lowest BCUT2D eigenvalue weighted by Gasteiger charge is -2.27. The molecule has 1 aromatic rings. The third-order valence-electron chi connectivity index (χ3n) is 2.24. The van der Waals surface area contributed by atoms with Crippen LogP contribution >= 0.6 is 11.6 Å². The summed E-state index contributed by atoms with van der Waals surface area (Å²) in [5, 5.41) is 8.05. The fraction of sp³-hybridized carbons (Fsp3) is 0.300. The van der Waals surface area contributed by atoms with Gasteiger partial charge in [-0.1, -0.05) is 29.8 Å². The van der Waals surface area contributed by atoms with Crippen molar-refractivity contribution in [3.8, 4) is 0 Å². The SMILES string of the molecule is CC(F)(c1ccccc1Cl)C(F)(F)C(=O)O. The number of alkyl halides is 3. The van der Waals surface area contributed by atoms with Crippen molar-refractivity contribution in [3.05, 3.63) is 34.9 Å². The van der Waals surface area contributed by atoms with Crippen LogP contribution in [0.25, 0.3) is 0 Å². The molecule has 0 aliphatic heterocycles. The zero-order chi connectivity index (χ0) is 12.6. The van der Waals surface area contributed by atoms with Crippen LogP contribution in [0.15, 0.2) is 24.3 Å². The topological polar surface area (TPSA) is 37.3 Å². The highest BCUT2D eigenvalue weighted by Gasteiger charge is 2.59. The molecule has 0 saturated carbocycles. The van der Waals surface area contributed by atoms with Gasteiger partial charge in [-0.25, -0.2) is 9.18 Å².